The number of aliphatic carboxylic acids is 1. The van der Waals surface area contributed by atoms with Crippen molar-refractivity contribution < 1.29 is 19.1 Å². The van der Waals surface area contributed by atoms with Gasteiger partial charge in [0, 0.05) is 19.0 Å². The molecule has 0 unspecified atom stereocenters. The molecule has 1 saturated heterocycles. The van der Waals surface area contributed by atoms with E-state index in [0.717, 1.165) is 5.56 Å². The first-order valence-corrected chi connectivity index (χ1v) is 6.97. The summed E-state index contributed by atoms with van der Waals surface area (Å²) in [6.07, 6.45) is 1.31. The van der Waals surface area contributed by atoms with Crippen LogP contribution in [0.2, 0.25) is 0 Å². The number of carboxylic acid groups (broad SMARTS) is 1. The summed E-state index contributed by atoms with van der Waals surface area (Å²) in [5.74, 6) is -2.48. The van der Waals surface area contributed by atoms with Crippen LogP contribution in [0.3, 0.4) is 0 Å². The lowest BCUT2D eigenvalue weighted by molar-refractivity contribution is -0.142. The molecule has 2 atom stereocenters. The summed E-state index contributed by atoms with van der Waals surface area (Å²) in [7, 11) is 0. The standard InChI is InChI=1S/C15H17FN2O3/c16-10-3-1-9(2-4-10)11-7-18(8-12(11)13(19)20)14(21)15(17)5-6-15/h1-4,11-12H,5-8,17H2,(H,19,20)/t11-,12+/m1/s1. The molecule has 1 aliphatic carbocycles. The predicted molar refractivity (Wildman–Crippen MR) is 73.0 cm³/mol. The van der Waals surface area contributed by atoms with E-state index < -0.39 is 17.4 Å². The lowest BCUT2D eigenvalue weighted by atomic mass is 9.89. The number of carbonyl (C=O) groups excluding carboxylic acids is 1. The van der Waals surface area contributed by atoms with Crippen molar-refractivity contribution in [3.63, 3.8) is 0 Å². The van der Waals surface area contributed by atoms with E-state index in [9.17, 15) is 19.1 Å². The molecule has 1 aliphatic heterocycles. The van der Waals surface area contributed by atoms with Gasteiger partial charge in [-0.1, -0.05) is 12.1 Å². The Balaban J connectivity index is 1.83. The minimum atomic E-state index is -0.943. The molecular weight excluding hydrogens is 275 g/mol. The number of hydrogen-bond donors (Lipinski definition) is 2. The summed E-state index contributed by atoms with van der Waals surface area (Å²) in [6, 6.07) is 5.78. The van der Waals surface area contributed by atoms with Gasteiger partial charge < -0.3 is 15.7 Å². The number of rotatable bonds is 3. The topological polar surface area (TPSA) is 83.6 Å². The second-order valence-electron chi connectivity index (χ2n) is 5.97. The number of halogens is 1. The first-order valence-electron chi connectivity index (χ1n) is 6.97. The van der Waals surface area contributed by atoms with E-state index >= 15 is 0 Å². The Morgan fingerprint density at radius 2 is 1.86 bits per heavy atom. The molecule has 1 aromatic rings. The third-order valence-corrected chi connectivity index (χ3v) is 4.44. The van der Waals surface area contributed by atoms with E-state index in [1.54, 1.807) is 17.0 Å². The largest absolute Gasteiger partial charge is 0.481 e. The highest BCUT2D eigenvalue weighted by atomic mass is 19.1. The van der Waals surface area contributed by atoms with Gasteiger partial charge in [0.2, 0.25) is 5.91 Å². The van der Waals surface area contributed by atoms with Crippen LogP contribution in [0.1, 0.15) is 24.3 Å². The molecule has 1 amide bonds. The lowest BCUT2D eigenvalue weighted by Crippen LogP contribution is -2.44. The number of likely N-dealkylation sites (tertiary alicyclic amines) is 1. The molecule has 0 aromatic heterocycles. The van der Waals surface area contributed by atoms with E-state index in [1.807, 2.05) is 0 Å². The van der Waals surface area contributed by atoms with Crippen LogP contribution in [0.15, 0.2) is 24.3 Å². The number of carboxylic acids is 1. The van der Waals surface area contributed by atoms with Crippen LogP contribution in [0.5, 0.6) is 0 Å². The van der Waals surface area contributed by atoms with Crippen LogP contribution in [0.25, 0.3) is 0 Å². The zero-order chi connectivity index (χ0) is 15.2. The fourth-order valence-electron chi connectivity index (χ4n) is 2.93. The summed E-state index contributed by atoms with van der Waals surface area (Å²) in [6.45, 7) is 0.482. The Morgan fingerprint density at radius 3 is 2.38 bits per heavy atom. The van der Waals surface area contributed by atoms with Gasteiger partial charge in [0.25, 0.3) is 0 Å². The molecule has 3 rings (SSSR count). The average molecular weight is 292 g/mol. The van der Waals surface area contributed by atoms with Gasteiger partial charge in [0.05, 0.1) is 11.5 Å². The van der Waals surface area contributed by atoms with Crippen molar-refractivity contribution in [2.24, 2.45) is 11.7 Å². The summed E-state index contributed by atoms with van der Waals surface area (Å²) in [4.78, 5) is 25.3. The average Bonchev–Trinajstić information content (AvgIpc) is 3.04. The Morgan fingerprint density at radius 1 is 1.24 bits per heavy atom. The normalized spacial score (nSPS) is 26.7. The van der Waals surface area contributed by atoms with Crippen LogP contribution < -0.4 is 5.73 Å². The summed E-state index contributed by atoms with van der Waals surface area (Å²) < 4.78 is 13.0. The molecule has 21 heavy (non-hydrogen) atoms. The van der Waals surface area contributed by atoms with Crippen molar-refractivity contribution in [1.82, 2.24) is 4.90 Å². The van der Waals surface area contributed by atoms with Crippen molar-refractivity contribution in [2.45, 2.75) is 24.3 Å². The highest BCUT2D eigenvalue weighted by Crippen LogP contribution is 2.39. The zero-order valence-electron chi connectivity index (χ0n) is 11.5. The second kappa shape index (κ2) is 4.80. The van der Waals surface area contributed by atoms with Gasteiger partial charge in [-0.3, -0.25) is 9.59 Å². The molecule has 2 aliphatic rings. The van der Waals surface area contributed by atoms with Crippen LogP contribution in [-0.4, -0.2) is 40.5 Å². The highest BCUT2D eigenvalue weighted by molar-refractivity contribution is 5.90. The Bertz CT molecular complexity index is 583. The number of nitrogens with zero attached hydrogens (tertiary/aromatic N) is 1. The molecule has 1 saturated carbocycles. The molecule has 1 heterocycles. The van der Waals surface area contributed by atoms with E-state index in [1.165, 1.54) is 12.1 Å². The van der Waals surface area contributed by atoms with Gasteiger partial charge in [0.1, 0.15) is 5.82 Å². The quantitative estimate of drug-likeness (QED) is 0.868. The van der Waals surface area contributed by atoms with Crippen molar-refractivity contribution in [3.8, 4) is 0 Å². The molecule has 2 fully saturated rings. The molecule has 0 bridgehead atoms. The number of carbonyl (C=O) groups is 2. The number of amides is 1. The molecule has 3 N–H and O–H groups in total. The van der Waals surface area contributed by atoms with Gasteiger partial charge in [-0.25, -0.2) is 4.39 Å². The minimum absolute atomic E-state index is 0.162. The minimum Gasteiger partial charge on any atom is -0.481 e. The maximum atomic E-state index is 13.0. The van der Waals surface area contributed by atoms with E-state index in [0.29, 0.717) is 19.4 Å². The summed E-state index contributed by atoms with van der Waals surface area (Å²) in [5.41, 5.74) is 5.85. The van der Waals surface area contributed by atoms with Crippen molar-refractivity contribution in [3.05, 3.63) is 35.6 Å². The number of hydrogen-bond acceptors (Lipinski definition) is 3. The first-order chi connectivity index (χ1) is 9.90. The Kier molecular flexibility index (Phi) is 3.20. The Labute approximate surface area is 121 Å². The molecule has 1 aromatic carbocycles. The monoisotopic (exact) mass is 292 g/mol. The third-order valence-electron chi connectivity index (χ3n) is 4.44. The smallest absolute Gasteiger partial charge is 0.308 e. The van der Waals surface area contributed by atoms with Crippen molar-refractivity contribution >= 4 is 11.9 Å². The molecule has 5 nitrogen and oxygen atoms in total. The van der Waals surface area contributed by atoms with E-state index in [4.69, 9.17) is 5.73 Å². The zero-order valence-corrected chi connectivity index (χ0v) is 11.5. The molecule has 112 valence electrons. The van der Waals surface area contributed by atoms with Crippen LogP contribution >= 0.6 is 0 Å². The highest BCUT2D eigenvalue weighted by Gasteiger charge is 2.51. The predicted octanol–water partition coefficient (Wildman–Crippen LogP) is 0.944. The van der Waals surface area contributed by atoms with Gasteiger partial charge in [-0.05, 0) is 30.5 Å². The van der Waals surface area contributed by atoms with Gasteiger partial charge in [0.15, 0.2) is 0 Å². The maximum Gasteiger partial charge on any atom is 0.308 e. The molecule has 0 radical (unpaired) electrons. The van der Waals surface area contributed by atoms with Crippen LogP contribution in [-0.2, 0) is 9.59 Å². The van der Waals surface area contributed by atoms with Gasteiger partial charge in [-0.15, -0.1) is 0 Å². The molecule has 0 spiro atoms. The SMILES string of the molecule is NC1(C(=O)N2C[C@H](C(=O)O)[C@@H](c3ccc(F)cc3)C2)CC1. The van der Waals surface area contributed by atoms with Crippen LogP contribution in [0.4, 0.5) is 4.39 Å². The summed E-state index contributed by atoms with van der Waals surface area (Å²) >= 11 is 0. The number of nitrogens with two attached hydrogens (primary N) is 1. The fraction of sp³-hybridized carbons (Fsp3) is 0.467. The second-order valence-corrected chi connectivity index (χ2v) is 5.97. The third kappa shape index (κ3) is 2.51. The molecular formula is C15H17FN2O3. The fourth-order valence-corrected chi connectivity index (χ4v) is 2.93. The van der Waals surface area contributed by atoms with E-state index in [2.05, 4.69) is 0 Å². The van der Waals surface area contributed by atoms with Crippen molar-refractivity contribution in [2.75, 3.05) is 13.1 Å². The Hall–Kier alpha value is -1.95. The maximum absolute atomic E-state index is 13.0. The van der Waals surface area contributed by atoms with E-state index in [-0.39, 0.29) is 24.2 Å². The van der Waals surface area contributed by atoms with Gasteiger partial charge >= 0.3 is 5.97 Å². The summed E-state index contributed by atoms with van der Waals surface area (Å²) in [5, 5.41) is 9.37. The van der Waals surface area contributed by atoms with Gasteiger partial charge in [-0.2, -0.15) is 0 Å². The lowest BCUT2D eigenvalue weighted by Gasteiger charge is -2.20. The molecule has 6 heteroatoms. The number of benzene rings is 1. The van der Waals surface area contributed by atoms with Crippen LogP contribution in [0, 0.1) is 11.7 Å². The van der Waals surface area contributed by atoms with Crippen molar-refractivity contribution in [1.29, 1.82) is 0 Å². The first kappa shape index (κ1) is 14.0.